The van der Waals surface area contributed by atoms with E-state index in [1.54, 1.807) is 13.0 Å². The summed E-state index contributed by atoms with van der Waals surface area (Å²) in [4.78, 5) is 16.7. The third-order valence-electron chi connectivity index (χ3n) is 1.58. The normalized spacial score (nSPS) is 11.0. The number of nitrogens with zero attached hydrogens (tertiary/aromatic N) is 2. The molecule has 0 atom stereocenters. The number of hydrogen-bond donors (Lipinski definition) is 2. The first-order chi connectivity index (χ1) is 6.65. The summed E-state index contributed by atoms with van der Waals surface area (Å²) in [6.07, 6.45) is 4.22. The van der Waals surface area contributed by atoms with Crippen LogP contribution in [0.15, 0.2) is 6.08 Å². The molecule has 1 rings (SSSR count). The van der Waals surface area contributed by atoms with Crippen LogP contribution in [0.2, 0.25) is 0 Å². The molecule has 1 aromatic heterocycles. The van der Waals surface area contributed by atoms with Crippen molar-refractivity contribution in [1.29, 1.82) is 0 Å². The second-order valence-electron chi connectivity index (χ2n) is 2.73. The summed E-state index contributed by atoms with van der Waals surface area (Å²) in [5.74, 6) is 1.20. The summed E-state index contributed by atoms with van der Waals surface area (Å²) in [5.41, 5.74) is 0.370. The molecular formula is C8H11N3O2S. The number of thiol groups is 1. The molecule has 1 heterocycles. The Balaban J connectivity index is 2.89. The summed E-state index contributed by atoms with van der Waals surface area (Å²) in [6.45, 7) is 1.68. The number of allylic oxidation sites excluding steroid dienone is 1. The Kier molecular flexibility index (Phi) is 3.70. The van der Waals surface area contributed by atoms with E-state index in [0.717, 1.165) is 6.42 Å². The van der Waals surface area contributed by atoms with Crippen LogP contribution >= 0.6 is 12.6 Å². The van der Waals surface area contributed by atoms with Crippen molar-refractivity contribution < 1.29 is 4.92 Å². The van der Waals surface area contributed by atoms with Gasteiger partial charge < -0.3 is 10.1 Å². The highest BCUT2D eigenvalue weighted by Crippen LogP contribution is 2.16. The van der Waals surface area contributed by atoms with Gasteiger partial charge in [0, 0.05) is 6.92 Å². The molecule has 0 aliphatic carbocycles. The van der Waals surface area contributed by atoms with Crippen molar-refractivity contribution >= 4 is 24.5 Å². The van der Waals surface area contributed by atoms with E-state index in [0.29, 0.717) is 17.3 Å². The average molecular weight is 213 g/mol. The van der Waals surface area contributed by atoms with Gasteiger partial charge in [-0.3, -0.25) is 0 Å². The quantitative estimate of drug-likeness (QED) is 0.456. The lowest BCUT2D eigenvalue weighted by Gasteiger charge is -1.90. The minimum atomic E-state index is -0.472. The zero-order valence-corrected chi connectivity index (χ0v) is 8.62. The molecule has 1 aromatic rings. The van der Waals surface area contributed by atoms with E-state index >= 15 is 0 Å². The molecular weight excluding hydrogens is 202 g/mol. The van der Waals surface area contributed by atoms with Gasteiger partial charge in [-0.25, -0.2) is 9.97 Å². The van der Waals surface area contributed by atoms with Gasteiger partial charge in [0.05, 0.1) is 0 Å². The molecule has 1 N–H and O–H groups in total. The molecule has 0 aliphatic rings. The molecule has 6 heteroatoms. The zero-order valence-electron chi connectivity index (χ0n) is 7.73. The van der Waals surface area contributed by atoms with Gasteiger partial charge in [0.1, 0.15) is 0 Å². The Morgan fingerprint density at radius 1 is 1.71 bits per heavy atom. The molecule has 0 unspecified atom stereocenters. The molecule has 0 saturated heterocycles. The predicted octanol–water partition coefficient (Wildman–Crippen LogP) is 1.96. The van der Waals surface area contributed by atoms with Crippen LogP contribution in [0.5, 0.6) is 0 Å². The number of nitro groups is 1. The van der Waals surface area contributed by atoms with Crippen LogP contribution in [0.1, 0.15) is 17.9 Å². The number of aryl methyl sites for hydroxylation is 1. The number of H-pyrrole nitrogens is 1. The first-order valence-electron chi connectivity index (χ1n) is 4.13. The van der Waals surface area contributed by atoms with E-state index in [-0.39, 0.29) is 5.82 Å². The van der Waals surface area contributed by atoms with Crippen molar-refractivity contribution in [2.45, 2.75) is 13.3 Å². The topological polar surface area (TPSA) is 71.8 Å². The Labute approximate surface area is 86.8 Å². The molecule has 5 nitrogen and oxygen atoms in total. The molecule has 0 aliphatic heterocycles. The summed E-state index contributed by atoms with van der Waals surface area (Å²) >= 11 is 4.03. The second-order valence-corrected chi connectivity index (χ2v) is 3.18. The van der Waals surface area contributed by atoms with E-state index in [1.165, 1.54) is 0 Å². The third kappa shape index (κ3) is 2.59. The standard InChI is InChI=1S/C8H11N3O2S/c1-6-9-7(4-2-3-5-14)8(10-6)11(12)13/h2,4,14H,3,5H2,1H3,(H,9,10). The van der Waals surface area contributed by atoms with Crippen LogP contribution in [0.3, 0.4) is 0 Å². The van der Waals surface area contributed by atoms with Crippen LogP contribution in [-0.2, 0) is 0 Å². The summed E-state index contributed by atoms with van der Waals surface area (Å²) in [6, 6.07) is 0. The second kappa shape index (κ2) is 4.80. The fourth-order valence-electron chi connectivity index (χ4n) is 1.02. The monoisotopic (exact) mass is 213 g/mol. The fourth-order valence-corrected chi connectivity index (χ4v) is 1.17. The highest BCUT2D eigenvalue weighted by molar-refractivity contribution is 7.80. The average Bonchev–Trinajstić information content (AvgIpc) is 2.47. The Morgan fingerprint density at radius 2 is 2.43 bits per heavy atom. The maximum absolute atomic E-state index is 10.6. The van der Waals surface area contributed by atoms with Gasteiger partial charge in [0.25, 0.3) is 0 Å². The lowest BCUT2D eigenvalue weighted by molar-refractivity contribution is -0.389. The zero-order chi connectivity index (χ0) is 10.6. The van der Waals surface area contributed by atoms with Crippen LogP contribution in [0.25, 0.3) is 6.08 Å². The number of rotatable bonds is 4. The number of aromatic nitrogens is 2. The van der Waals surface area contributed by atoms with Crippen molar-refractivity contribution in [3.8, 4) is 0 Å². The Morgan fingerprint density at radius 3 is 3.00 bits per heavy atom. The third-order valence-corrected chi connectivity index (χ3v) is 1.84. The number of imidazole rings is 1. The van der Waals surface area contributed by atoms with Crippen LogP contribution in [0.4, 0.5) is 5.82 Å². The van der Waals surface area contributed by atoms with Crippen LogP contribution in [0, 0.1) is 17.0 Å². The minimum absolute atomic E-state index is 0.0575. The molecule has 76 valence electrons. The summed E-state index contributed by atoms with van der Waals surface area (Å²) < 4.78 is 0. The minimum Gasteiger partial charge on any atom is -0.358 e. The molecule has 0 amide bonds. The number of hydrogen-bond acceptors (Lipinski definition) is 4. The van der Waals surface area contributed by atoms with E-state index in [9.17, 15) is 10.1 Å². The highest BCUT2D eigenvalue weighted by atomic mass is 32.1. The van der Waals surface area contributed by atoms with Crippen molar-refractivity contribution in [2.75, 3.05) is 5.75 Å². The largest absolute Gasteiger partial charge is 0.358 e. The number of aromatic amines is 1. The molecule has 0 fully saturated rings. The van der Waals surface area contributed by atoms with Gasteiger partial charge in [-0.05, 0) is 23.2 Å². The SMILES string of the molecule is Cc1nc(C=CCCS)c([N+](=O)[O-])[nH]1. The molecule has 0 bridgehead atoms. The van der Waals surface area contributed by atoms with Gasteiger partial charge in [-0.2, -0.15) is 12.6 Å². The lowest BCUT2D eigenvalue weighted by atomic mass is 10.3. The van der Waals surface area contributed by atoms with Gasteiger partial charge in [-0.1, -0.05) is 6.08 Å². The van der Waals surface area contributed by atoms with Crippen molar-refractivity contribution in [3.63, 3.8) is 0 Å². The van der Waals surface area contributed by atoms with Crippen LogP contribution < -0.4 is 0 Å². The number of nitrogens with one attached hydrogen (secondary N) is 1. The van der Waals surface area contributed by atoms with E-state index in [2.05, 4.69) is 22.6 Å². The molecule has 0 radical (unpaired) electrons. The lowest BCUT2D eigenvalue weighted by Crippen LogP contribution is -1.90. The van der Waals surface area contributed by atoms with Crippen molar-refractivity contribution in [3.05, 3.63) is 27.7 Å². The van der Waals surface area contributed by atoms with Gasteiger partial charge in [0.15, 0.2) is 11.5 Å². The summed E-state index contributed by atoms with van der Waals surface area (Å²) in [5, 5.41) is 10.6. The summed E-state index contributed by atoms with van der Waals surface area (Å²) in [7, 11) is 0. The van der Waals surface area contributed by atoms with Crippen LogP contribution in [-0.4, -0.2) is 20.6 Å². The van der Waals surface area contributed by atoms with E-state index in [4.69, 9.17) is 0 Å². The van der Waals surface area contributed by atoms with E-state index in [1.807, 2.05) is 6.08 Å². The molecule has 14 heavy (non-hydrogen) atoms. The Hall–Kier alpha value is -1.30. The van der Waals surface area contributed by atoms with Gasteiger partial charge >= 0.3 is 5.82 Å². The van der Waals surface area contributed by atoms with Gasteiger partial charge in [0.2, 0.25) is 0 Å². The smallest absolute Gasteiger partial charge is 0.348 e. The fraction of sp³-hybridized carbons (Fsp3) is 0.375. The van der Waals surface area contributed by atoms with Crippen molar-refractivity contribution in [2.24, 2.45) is 0 Å². The predicted molar refractivity (Wildman–Crippen MR) is 57.5 cm³/mol. The highest BCUT2D eigenvalue weighted by Gasteiger charge is 2.14. The van der Waals surface area contributed by atoms with E-state index < -0.39 is 4.92 Å². The first kappa shape index (κ1) is 10.8. The van der Waals surface area contributed by atoms with Crippen molar-refractivity contribution in [1.82, 2.24) is 9.97 Å². The Bertz CT molecular complexity index is 359. The maximum atomic E-state index is 10.6. The molecule has 0 aromatic carbocycles. The molecule has 0 saturated carbocycles. The van der Waals surface area contributed by atoms with Gasteiger partial charge in [-0.15, -0.1) is 0 Å². The first-order valence-corrected chi connectivity index (χ1v) is 4.76. The maximum Gasteiger partial charge on any atom is 0.348 e. The molecule has 0 spiro atoms.